The SMILES string of the molecule is CC1CC2C(=O)N(C3CNC3)C(=O)C2C1. The van der Waals surface area contributed by atoms with Gasteiger partial charge in [0, 0.05) is 13.1 Å². The maximum absolute atomic E-state index is 12.1. The Balaban J connectivity index is 1.84. The number of carbonyl (C=O) groups is 2. The van der Waals surface area contributed by atoms with Crippen LogP contribution in [0.5, 0.6) is 0 Å². The zero-order valence-corrected chi connectivity index (χ0v) is 8.90. The van der Waals surface area contributed by atoms with Crippen molar-refractivity contribution >= 4 is 11.8 Å². The van der Waals surface area contributed by atoms with Gasteiger partial charge in [-0.05, 0) is 18.8 Å². The smallest absolute Gasteiger partial charge is 0.233 e. The molecule has 15 heavy (non-hydrogen) atoms. The second-order valence-corrected chi connectivity index (χ2v) is 5.15. The lowest BCUT2D eigenvalue weighted by Crippen LogP contribution is -2.59. The van der Waals surface area contributed by atoms with Crippen LogP contribution in [0.25, 0.3) is 0 Å². The van der Waals surface area contributed by atoms with E-state index in [9.17, 15) is 9.59 Å². The highest BCUT2D eigenvalue weighted by molar-refractivity contribution is 6.06. The van der Waals surface area contributed by atoms with Gasteiger partial charge in [0.15, 0.2) is 0 Å². The third-order valence-corrected chi connectivity index (χ3v) is 4.03. The van der Waals surface area contributed by atoms with Crippen molar-refractivity contribution in [3.8, 4) is 0 Å². The van der Waals surface area contributed by atoms with Crippen molar-refractivity contribution in [3.05, 3.63) is 0 Å². The Morgan fingerprint density at radius 2 is 1.67 bits per heavy atom. The minimum absolute atomic E-state index is 0.00750. The van der Waals surface area contributed by atoms with E-state index in [0.29, 0.717) is 5.92 Å². The molecule has 1 N–H and O–H groups in total. The molecule has 2 heterocycles. The van der Waals surface area contributed by atoms with Gasteiger partial charge in [-0.25, -0.2) is 0 Å². The molecule has 0 aromatic heterocycles. The van der Waals surface area contributed by atoms with Gasteiger partial charge in [0.1, 0.15) is 0 Å². The highest BCUT2D eigenvalue weighted by Crippen LogP contribution is 2.43. The predicted molar refractivity (Wildman–Crippen MR) is 53.9 cm³/mol. The highest BCUT2D eigenvalue weighted by Gasteiger charge is 2.54. The topological polar surface area (TPSA) is 49.4 Å². The standard InChI is InChI=1S/C11H16N2O2/c1-6-2-8-9(3-6)11(15)13(10(8)14)7-4-12-5-7/h6-9,12H,2-5H2,1H3. The second kappa shape index (κ2) is 3.04. The fourth-order valence-corrected chi connectivity index (χ4v) is 3.12. The number of imide groups is 1. The quantitative estimate of drug-likeness (QED) is 0.617. The Hall–Kier alpha value is -0.900. The Labute approximate surface area is 89.0 Å². The van der Waals surface area contributed by atoms with Crippen molar-refractivity contribution in [1.82, 2.24) is 10.2 Å². The molecule has 0 aromatic carbocycles. The van der Waals surface area contributed by atoms with Crippen molar-refractivity contribution < 1.29 is 9.59 Å². The van der Waals surface area contributed by atoms with Crippen molar-refractivity contribution in [1.29, 1.82) is 0 Å². The summed E-state index contributed by atoms with van der Waals surface area (Å²) < 4.78 is 0. The molecule has 0 spiro atoms. The fraction of sp³-hybridized carbons (Fsp3) is 0.818. The number of carbonyl (C=O) groups excluding carboxylic acids is 2. The first-order valence-electron chi connectivity index (χ1n) is 5.76. The maximum Gasteiger partial charge on any atom is 0.233 e. The van der Waals surface area contributed by atoms with Gasteiger partial charge in [-0.1, -0.05) is 6.92 Å². The molecule has 2 atom stereocenters. The molecule has 2 aliphatic heterocycles. The van der Waals surface area contributed by atoms with Crippen LogP contribution in [0.4, 0.5) is 0 Å². The molecular weight excluding hydrogens is 192 g/mol. The van der Waals surface area contributed by atoms with Crippen LogP contribution < -0.4 is 5.32 Å². The summed E-state index contributed by atoms with van der Waals surface area (Å²) in [6, 6.07) is 0.144. The number of rotatable bonds is 1. The lowest BCUT2D eigenvalue weighted by molar-refractivity contribution is -0.144. The molecule has 3 fully saturated rings. The van der Waals surface area contributed by atoms with Gasteiger partial charge >= 0.3 is 0 Å². The van der Waals surface area contributed by atoms with E-state index < -0.39 is 0 Å². The molecular formula is C11H16N2O2. The summed E-state index contributed by atoms with van der Waals surface area (Å²) in [7, 11) is 0. The van der Waals surface area contributed by atoms with Gasteiger partial charge in [-0.15, -0.1) is 0 Å². The summed E-state index contributed by atoms with van der Waals surface area (Å²) in [5.41, 5.74) is 0. The number of likely N-dealkylation sites (tertiary alicyclic amines) is 1. The van der Waals surface area contributed by atoms with E-state index in [1.54, 1.807) is 0 Å². The first kappa shape index (κ1) is 9.33. The summed E-state index contributed by atoms with van der Waals surface area (Å²) in [5.74, 6) is 0.748. The third-order valence-electron chi connectivity index (χ3n) is 4.03. The zero-order chi connectivity index (χ0) is 10.6. The monoisotopic (exact) mass is 208 g/mol. The van der Waals surface area contributed by atoms with E-state index in [2.05, 4.69) is 12.2 Å². The predicted octanol–water partition coefficient (Wildman–Crippen LogP) is -0.0107. The summed E-state index contributed by atoms with van der Waals surface area (Å²) >= 11 is 0. The van der Waals surface area contributed by atoms with Crippen LogP contribution in [0.15, 0.2) is 0 Å². The van der Waals surface area contributed by atoms with Gasteiger partial charge < -0.3 is 5.32 Å². The van der Waals surface area contributed by atoms with Crippen LogP contribution >= 0.6 is 0 Å². The molecule has 4 heteroatoms. The molecule has 4 nitrogen and oxygen atoms in total. The molecule has 2 unspecified atom stereocenters. The van der Waals surface area contributed by atoms with Crippen LogP contribution in [-0.2, 0) is 9.59 Å². The van der Waals surface area contributed by atoms with Crippen LogP contribution in [0.3, 0.4) is 0 Å². The van der Waals surface area contributed by atoms with Gasteiger partial charge in [0.05, 0.1) is 17.9 Å². The third kappa shape index (κ3) is 1.17. The maximum atomic E-state index is 12.1. The Morgan fingerprint density at radius 3 is 2.07 bits per heavy atom. The number of hydrogen-bond acceptors (Lipinski definition) is 3. The average Bonchev–Trinajstić information content (AvgIpc) is 2.58. The summed E-state index contributed by atoms with van der Waals surface area (Å²) in [4.78, 5) is 25.6. The van der Waals surface area contributed by atoms with E-state index in [1.807, 2.05) is 0 Å². The minimum atomic E-state index is 0.00750. The van der Waals surface area contributed by atoms with Crippen molar-refractivity contribution in [3.63, 3.8) is 0 Å². The van der Waals surface area contributed by atoms with Crippen molar-refractivity contribution in [2.75, 3.05) is 13.1 Å². The molecule has 0 bridgehead atoms. The number of nitrogens with one attached hydrogen (secondary N) is 1. The van der Waals surface area contributed by atoms with Gasteiger partial charge in [0.25, 0.3) is 0 Å². The largest absolute Gasteiger partial charge is 0.313 e. The molecule has 2 saturated heterocycles. The summed E-state index contributed by atoms with van der Waals surface area (Å²) in [6.07, 6.45) is 1.82. The Bertz CT molecular complexity index is 301. The molecule has 1 aliphatic carbocycles. The Kier molecular flexibility index (Phi) is 1.89. The van der Waals surface area contributed by atoms with Crippen molar-refractivity contribution in [2.24, 2.45) is 17.8 Å². The zero-order valence-electron chi connectivity index (χ0n) is 8.90. The molecule has 0 aromatic rings. The fourth-order valence-electron chi connectivity index (χ4n) is 3.12. The van der Waals surface area contributed by atoms with Crippen LogP contribution in [0.1, 0.15) is 19.8 Å². The van der Waals surface area contributed by atoms with E-state index in [0.717, 1.165) is 25.9 Å². The summed E-state index contributed by atoms with van der Waals surface area (Å²) in [5, 5.41) is 3.11. The van der Waals surface area contributed by atoms with Crippen LogP contribution in [-0.4, -0.2) is 35.8 Å². The van der Waals surface area contributed by atoms with E-state index in [4.69, 9.17) is 0 Å². The lowest BCUT2D eigenvalue weighted by Gasteiger charge is -2.34. The first-order chi connectivity index (χ1) is 7.18. The van der Waals surface area contributed by atoms with Gasteiger partial charge in [-0.2, -0.15) is 0 Å². The number of hydrogen-bond donors (Lipinski definition) is 1. The molecule has 3 rings (SSSR count). The van der Waals surface area contributed by atoms with Gasteiger partial charge in [-0.3, -0.25) is 14.5 Å². The average molecular weight is 208 g/mol. The molecule has 82 valence electrons. The van der Waals surface area contributed by atoms with Crippen LogP contribution in [0.2, 0.25) is 0 Å². The highest BCUT2D eigenvalue weighted by atomic mass is 16.2. The normalized spacial score (nSPS) is 40.9. The van der Waals surface area contributed by atoms with Crippen molar-refractivity contribution in [2.45, 2.75) is 25.8 Å². The summed E-state index contributed by atoms with van der Waals surface area (Å²) in [6.45, 7) is 3.70. The lowest BCUT2D eigenvalue weighted by atomic mass is 10.00. The molecule has 1 saturated carbocycles. The molecule has 0 radical (unpaired) electrons. The molecule has 2 amide bonds. The van der Waals surface area contributed by atoms with E-state index in [1.165, 1.54) is 4.90 Å². The second-order valence-electron chi connectivity index (χ2n) is 5.15. The number of fused-ring (bicyclic) bond motifs is 1. The molecule has 3 aliphatic rings. The van der Waals surface area contributed by atoms with E-state index >= 15 is 0 Å². The van der Waals surface area contributed by atoms with Gasteiger partial charge in [0.2, 0.25) is 11.8 Å². The van der Waals surface area contributed by atoms with Crippen LogP contribution in [0, 0.1) is 17.8 Å². The van der Waals surface area contributed by atoms with E-state index in [-0.39, 0.29) is 29.7 Å². The number of amides is 2. The minimum Gasteiger partial charge on any atom is -0.313 e. The Morgan fingerprint density at radius 1 is 1.13 bits per heavy atom. The number of nitrogens with zero attached hydrogens (tertiary/aromatic N) is 1. The first-order valence-corrected chi connectivity index (χ1v) is 5.76.